The number of aromatic nitrogens is 2. The van der Waals surface area contributed by atoms with E-state index in [4.69, 9.17) is 62.1 Å². The van der Waals surface area contributed by atoms with E-state index < -0.39 is 261 Å². The van der Waals surface area contributed by atoms with Crippen LogP contribution in [0.4, 0.5) is 5.82 Å². The molecule has 0 spiro atoms. The zero-order valence-corrected chi connectivity index (χ0v) is 70.2. The average molecular weight is 1770 g/mol. The third-order valence-corrected chi connectivity index (χ3v) is 23.2. The Morgan fingerprint density at radius 3 is 2.04 bits per heavy atom. The maximum Gasteiger partial charge on any atom is 0.349 e. The molecular weight excluding hydrogens is 1670 g/mol. The lowest BCUT2D eigenvalue weighted by molar-refractivity contribution is -0.334. The van der Waals surface area contributed by atoms with E-state index in [0.29, 0.717) is 24.3 Å². The van der Waals surface area contributed by atoms with Gasteiger partial charge in [0.1, 0.15) is 89.0 Å². The number of carboxylic acid groups (broad SMARTS) is 1. The number of ketones is 2. The van der Waals surface area contributed by atoms with E-state index in [1.807, 2.05) is 13.8 Å². The van der Waals surface area contributed by atoms with Gasteiger partial charge in [0.15, 0.2) is 41.5 Å². The summed E-state index contributed by atoms with van der Waals surface area (Å²) in [6, 6.07) is 13.9. The van der Waals surface area contributed by atoms with Gasteiger partial charge in [-0.05, 0) is 140 Å². The molecule has 7 aromatic rings. The van der Waals surface area contributed by atoms with Crippen LogP contribution >= 0.6 is 23.2 Å². The Kier molecular flexibility index (Phi) is 29.6. The highest BCUT2D eigenvalue weighted by molar-refractivity contribution is 6.32. The highest BCUT2D eigenvalue weighted by atomic mass is 35.5. The summed E-state index contributed by atoms with van der Waals surface area (Å²) in [5.74, 6) is -19.2. The van der Waals surface area contributed by atoms with Crippen LogP contribution in [0.2, 0.25) is 10.0 Å². The minimum absolute atomic E-state index is 0.00607. The van der Waals surface area contributed by atoms with Crippen molar-refractivity contribution < 1.29 is 127 Å². The number of carboxylic acids is 1. The van der Waals surface area contributed by atoms with Crippen LogP contribution in [0.15, 0.2) is 120 Å². The number of phenolic OH excluding ortho intramolecular Hbond substituents is 3. The number of hydrogen-bond acceptors (Lipinski definition) is 28. The molecule has 2 fully saturated rings. The van der Waals surface area contributed by atoms with Crippen molar-refractivity contribution in [1.29, 1.82) is 0 Å². The van der Waals surface area contributed by atoms with E-state index in [0.717, 1.165) is 73.5 Å². The van der Waals surface area contributed by atoms with Crippen molar-refractivity contribution in [2.45, 2.75) is 203 Å². The van der Waals surface area contributed by atoms with Crippen LogP contribution < -0.4 is 62.3 Å². The molecule has 7 aliphatic heterocycles. The number of rotatable bonds is 24. The third kappa shape index (κ3) is 21.4. The van der Waals surface area contributed by atoms with Gasteiger partial charge < -0.3 is 122 Å². The lowest BCUT2D eigenvalue weighted by Gasteiger charge is -2.48. The second-order valence-electron chi connectivity index (χ2n) is 32.3. The van der Waals surface area contributed by atoms with Crippen molar-refractivity contribution in [3.63, 3.8) is 0 Å². The van der Waals surface area contributed by atoms with Crippen LogP contribution in [0, 0.1) is 17.8 Å². The second-order valence-corrected chi connectivity index (χ2v) is 33.1. The molecule has 0 aliphatic carbocycles. The number of anilines is 1. The first-order valence-corrected chi connectivity index (χ1v) is 41.5. The summed E-state index contributed by atoms with van der Waals surface area (Å²) >= 11 is 14.4. The number of Topliss-reactive ketones (excluding diaryl/α,β-unsaturated/α-hetero) is 2. The standard InChI is InChI=1S/C87H99Cl2N9O27/c1-7-9-24-119-49-15-10-41(11-16-49)26-66(106)92-65-20-22-98(86(118)93-65)23-21-91-87(6)37-67(120-40(5)79(87)111)124-78-76(110)75(109)63(38-99)123-85(78)125-77-61-31-46-32-62(77)122-60-19-14-45(29-54(60)89)74(108)72-83(115)95-70(84(116)117)52-34-48(100)35-56(102)68(52)51-27-43(12-17-55(51)101)50(82(114)97-72)36-58(104)69(46)94-81(113)47(33-64(90)105)30-57(103)71(96-80(112)42(8-2)25-39(3)4)73(107)44-13-18-59(121-61)53(88)28-44/h10-20,22,27-29,31-32,34-35,39-40,42,47,50,63,67,69-76,78-79,85,91,99-102,107-111H,7-9,21,23-26,30,33,36-38H2,1-6H3,(H2,90,105)(H,94,113)(H,95,115)(H,96,112)(H,97,114)(H,116,117)(H,92,93,106,118)/t40-,42+,47-,50?,63+,67-,69?,70+,71-,72-,73+,74+,75+,76-,78+,79+,85?,87-/m0/s1. The van der Waals surface area contributed by atoms with Crippen LogP contribution in [-0.2, 0) is 70.3 Å². The van der Waals surface area contributed by atoms with Crippen LogP contribution in [0.5, 0.6) is 51.7 Å². The second kappa shape index (κ2) is 39.9. The predicted octanol–water partition coefficient (Wildman–Crippen LogP) is 5.77. The van der Waals surface area contributed by atoms with Gasteiger partial charge in [0.25, 0.3) is 0 Å². The number of nitrogens with one attached hydrogen (secondary N) is 6. The van der Waals surface area contributed by atoms with E-state index in [9.17, 15) is 75.0 Å². The fourth-order valence-corrected chi connectivity index (χ4v) is 16.4. The molecule has 14 rings (SSSR count). The molecule has 668 valence electrons. The molecular formula is C87H99Cl2N9O27. The van der Waals surface area contributed by atoms with Crippen molar-refractivity contribution >= 4 is 82.0 Å². The Hall–Kier alpha value is -11.4. The van der Waals surface area contributed by atoms with E-state index in [2.05, 4.69) is 43.8 Å². The summed E-state index contributed by atoms with van der Waals surface area (Å²) < 4.78 is 46.5. The summed E-state index contributed by atoms with van der Waals surface area (Å²) in [6.07, 6.45) is -17.5. The average Bonchev–Trinajstić information content (AvgIpc) is 0.767. The van der Waals surface area contributed by atoms with E-state index >= 15 is 24.0 Å². The van der Waals surface area contributed by atoms with Gasteiger partial charge in [-0.3, -0.25) is 42.9 Å². The number of nitrogens with two attached hydrogens (primary N) is 1. The van der Waals surface area contributed by atoms with Gasteiger partial charge in [-0.25, -0.2) is 9.59 Å². The molecule has 8 heterocycles. The Bertz CT molecular complexity index is 5290. The third-order valence-electron chi connectivity index (χ3n) is 22.7. The SMILES string of the molecule is CCCCOc1ccc(CC(=O)Nc2ccn(CCN[C@@]3(C)C[C@H](O[C@H]4C(Oc5c6cc7cc5Oc5ccc(cc5Cl)[C@@H](O)[C@@H](NC(=O)[C@H](CC)CC(C)C)C(=O)C[C@@H](CC(N)=O)C(=O)NC7C(=O)CC5C(=O)N[C@H](C(=O)N[C@@H](C(=O)O)c7cc(O)cc(O)c7-c7cc5ccc7O)[C@H](O)c5ccc(c(Cl)c5)O6)O[C@H](CO)[C@@H](O)[C@@H]4O)O[C@@H](C)[C@H]3O)c(=O)n2)cc1. The quantitative estimate of drug-likeness (QED) is 0.0319. The summed E-state index contributed by atoms with van der Waals surface area (Å²) in [5, 5.41) is 132. The number of fused-ring (bicyclic) bond motifs is 15. The smallest absolute Gasteiger partial charge is 0.349 e. The predicted molar refractivity (Wildman–Crippen MR) is 444 cm³/mol. The molecule has 2 saturated heterocycles. The van der Waals surface area contributed by atoms with Crippen LogP contribution in [0.25, 0.3) is 11.1 Å². The number of nitrogens with zero attached hydrogens (tertiary/aromatic N) is 2. The van der Waals surface area contributed by atoms with E-state index in [1.54, 1.807) is 38.1 Å². The molecule has 6 aromatic carbocycles. The zero-order chi connectivity index (χ0) is 90.3. The fraction of sp³-hybridized carbons (Fsp3) is 0.437. The van der Waals surface area contributed by atoms with Crippen LogP contribution in [0.1, 0.15) is 156 Å². The van der Waals surface area contributed by atoms with Gasteiger partial charge in [0, 0.05) is 79.2 Å². The number of primary amides is 1. The van der Waals surface area contributed by atoms with Gasteiger partial charge in [0.2, 0.25) is 47.5 Å². The fourth-order valence-electron chi connectivity index (χ4n) is 15.9. The van der Waals surface area contributed by atoms with E-state index in [1.165, 1.54) is 42.0 Å². The number of aromatic hydroxyl groups is 3. The molecule has 0 saturated carbocycles. The molecule has 38 heteroatoms. The Labute approximate surface area is 725 Å². The van der Waals surface area contributed by atoms with Crippen molar-refractivity contribution in [2.75, 3.05) is 25.1 Å². The zero-order valence-electron chi connectivity index (χ0n) is 68.7. The number of benzene rings is 6. The minimum Gasteiger partial charge on any atom is -0.508 e. The largest absolute Gasteiger partial charge is 0.508 e. The number of unbranched alkanes of at least 4 members (excludes halogenated alkanes) is 1. The monoisotopic (exact) mass is 1770 g/mol. The van der Waals surface area contributed by atoms with Crippen molar-refractivity contribution in [1.82, 2.24) is 36.1 Å². The lowest BCUT2D eigenvalue weighted by Crippen LogP contribution is -2.65. The van der Waals surface area contributed by atoms with Gasteiger partial charge >= 0.3 is 11.7 Å². The number of aliphatic hydroxyl groups is 6. The summed E-state index contributed by atoms with van der Waals surface area (Å²) in [6.45, 7) is 10.1. The van der Waals surface area contributed by atoms with E-state index in [-0.39, 0.29) is 71.6 Å². The number of carbonyl (C=O) groups is 9. The van der Waals surface area contributed by atoms with Crippen LogP contribution in [0.3, 0.4) is 0 Å². The number of amides is 6. The molecule has 1 aromatic heterocycles. The topological polar surface area (TPSA) is 554 Å². The minimum atomic E-state index is -2.28. The lowest BCUT2D eigenvalue weighted by atomic mass is 9.84. The Morgan fingerprint density at radius 1 is 0.744 bits per heavy atom. The molecule has 36 nitrogen and oxygen atoms in total. The van der Waals surface area contributed by atoms with Gasteiger partial charge in [0.05, 0.1) is 53.7 Å². The number of hydrogen-bond donors (Lipinski definition) is 17. The number of aliphatic carboxylic acids is 1. The molecule has 18 N–H and O–H groups in total. The molecule has 6 amide bonds. The normalized spacial score (nSPS) is 26.1. The Balaban J connectivity index is 0.969. The molecule has 125 heavy (non-hydrogen) atoms. The van der Waals surface area contributed by atoms with Gasteiger partial charge in [-0.1, -0.05) is 87.6 Å². The summed E-state index contributed by atoms with van der Waals surface area (Å²) in [7, 11) is 0. The highest BCUT2D eigenvalue weighted by Crippen LogP contribution is 2.51. The summed E-state index contributed by atoms with van der Waals surface area (Å²) in [4.78, 5) is 149. The van der Waals surface area contributed by atoms with Crippen molar-refractivity contribution in [3.8, 4) is 62.9 Å². The molecule has 11 bridgehead atoms. The molecule has 18 atom stereocenters. The molecule has 0 radical (unpaired) electrons. The Morgan fingerprint density at radius 2 is 1.42 bits per heavy atom. The molecule has 7 aliphatic rings. The number of phenols is 3. The molecule has 3 unspecified atom stereocenters. The number of ether oxygens (including phenoxy) is 7. The first-order valence-electron chi connectivity index (χ1n) is 40.7. The van der Waals surface area contributed by atoms with Crippen molar-refractivity contribution in [3.05, 3.63) is 169 Å². The number of aliphatic hydroxyl groups excluding tert-OH is 6. The number of halogens is 2. The summed E-state index contributed by atoms with van der Waals surface area (Å²) in [5.41, 5.74) is 1.86. The van der Waals surface area contributed by atoms with Gasteiger partial charge in [-0.2, -0.15) is 4.98 Å². The van der Waals surface area contributed by atoms with Crippen molar-refractivity contribution in [2.24, 2.45) is 23.5 Å². The van der Waals surface area contributed by atoms with Gasteiger partial charge in [-0.15, -0.1) is 0 Å². The number of carbonyl (C=O) groups excluding carboxylic acids is 8. The maximum atomic E-state index is 16.4. The maximum absolute atomic E-state index is 16.4. The first-order chi connectivity index (χ1) is 59.4. The highest BCUT2D eigenvalue weighted by Gasteiger charge is 2.52. The first kappa shape index (κ1) is 92.8. The van der Waals surface area contributed by atoms with Crippen LogP contribution in [-0.4, -0.2) is 200 Å².